The van der Waals surface area contributed by atoms with Gasteiger partial charge in [-0.3, -0.25) is 4.79 Å². The minimum atomic E-state index is -3.63. The van der Waals surface area contributed by atoms with Crippen LogP contribution in [0.3, 0.4) is 0 Å². The van der Waals surface area contributed by atoms with Crippen LogP contribution in [-0.4, -0.2) is 69.4 Å². The Morgan fingerprint density at radius 3 is 2.35 bits per heavy atom. The molecule has 0 bridgehead atoms. The topological polar surface area (TPSA) is 78.9 Å². The summed E-state index contributed by atoms with van der Waals surface area (Å²) in [6.45, 7) is 8.25. The molecule has 8 heteroatoms. The summed E-state index contributed by atoms with van der Waals surface area (Å²) in [4.78, 5) is 15.1. The zero-order valence-electron chi connectivity index (χ0n) is 18.6. The van der Waals surface area contributed by atoms with Crippen molar-refractivity contribution in [1.29, 1.82) is 0 Å². The Hall–Kier alpha value is -2.42. The van der Waals surface area contributed by atoms with Crippen LogP contribution in [0.15, 0.2) is 47.4 Å². The highest BCUT2D eigenvalue weighted by Gasteiger charge is 2.28. The molecule has 1 atom stereocenters. The van der Waals surface area contributed by atoms with Crippen molar-refractivity contribution in [2.24, 2.45) is 0 Å². The van der Waals surface area contributed by atoms with Crippen LogP contribution in [0, 0.1) is 13.8 Å². The lowest BCUT2D eigenvalue weighted by Crippen LogP contribution is -2.47. The van der Waals surface area contributed by atoms with Crippen molar-refractivity contribution in [3.63, 3.8) is 0 Å². The molecular formula is C23H31N3O4S. The maximum Gasteiger partial charge on any atom is 0.251 e. The number of amides is 1. The molecule has 1 N–H and O–H groups in total. The molecule has 2 aromatic rings. The zero-order chi connectivity index (χ0) is 22.6. The van der Waals surface area contributed by atoms with E-state index >= 15 is 0 Å². The van der Waals surface area contributed by atoms with E-state index in [-0.39, 0.29) is 16.8 Å². The summed E-state index contributed by atoms with van der Waals surface area (Å²) >= 11 is 0. The third-order valence-corrected chi connectivity index (χ3v) is 7.35. The number of hydrogen-bond donors (Lipinski definition) is 1. The van der Waals surface area contributed by atoms with E-state index in [1.54, 1.807) is 19.1 Å². The predicted octanol–water partition coefficient (Wildman–Crippen LogP) is 2.44. The van der Waals surface area contributed by atoms with E-state index in [0.29, 0.717) is 38.3 Å². The lowest BCUT2D eigenvalue weighted by Gasteiger charge is -2.31. The van der Waals surface area contributed by atoms with Gasteiger partial charge in [0.15, 0.2) is 0 Å². The average molecular weight is 446 g/mol. The fourth-order valence-electron chi connectivity index (χ4n) is 3.38. The molecule has 1 aliphatic rings. The van der Waals surface area contributed by atoms with Crippen LogP contribution in [0.4, 0.5) is 0 Å². The molecule has 0 radical (unpaired) electrons. The maximum absolute atomic E-state index is 13.0. The number of likely N-dealkylation sites (N-methyl/N-ethyl adjacent to an activating group) is 1. The minimum Gasteiger partial charge on any atom is -0.491 e. The Morgan fingerprint density at radius 2 is 1.71 bits per heavy atom. The van der Waals surface area contributed by atoms with Gasteiger partial charge in [-0.2, -0.15) is 4.31 Å². The predicted molar refractivity (Wildman–Crippen MR) is 121 cm³/mol. The normalized spacial score (nSPS) is 16.6. The molecule has 0 spiro atoms. The van der Waals surface area contributed by atoms with Crippen LogP contribution in [0.1, 0.15) is 28.4 Å². The highest BCUT2D eigenvalue weighted by atomic mass is 32.2. The van der Waals surface area contributed by atoms with Crippen molar-refractivity contribution in [1.82, 2.24) is 14.5 Å². The molecule has 7 nitrogen and oxygen atoms in total. The Kier molecular flexibility index (Phi) is 7.35. The number of hydrogen-bond acceptors (Lipinski definition) is 5. The van der Waals surface area contributed by atoms with Crippen LogP contribution < -0.4 is 10.1 Å². The molecule has 0 aromatic heterocycles. The molecule has 1 fully saturated rings. The summed E-state index contributed by atoms with van der Waals surface area (Å²) in [6.07, 6.45) is 0. The smallest absolute Gasteiger partial charge is 0.251 e. The molecule has 3 rings (SSSR count). The monoisotopic (exact) mass is 445 g/mol. The lowest BCUT2D eigenvalue weighted by atomic mass is 10.1. The molecule has 0 aliphatic carbocycles. The van der Waals surface area contributed by atoms with Crippen LogP contribution in [0.2, 0.25) is 0 Å². The highest BCUT2D eigenvalue weighted by Crippen LogP contribution is 2.21. The molecule has 0 saturated carbocycles. The number of nitrogens with one attached hydrogen (secondary N) is 1. The summed E-state index contributed by atoms with van der Waals surface area (Å²) in [7, 11) is -1.66. The van der Waals surface area contributed by atoms with Gasteiger partial charge >= 0.3 is 0 Å². The molecule has 1 unspecified atom stereocenters. The molecule has 1 aliphatic heterocycles. The van der Waals surface area contributed by atoms with E-state index in [1.807, 2.05) is 45.2 Å². The molecule has 1 amide bonds. The van der Waals surface area contributed by atoms with E-state index in [1.165, 1.54) is 10.4 Å². The minimum absolute atomic E-state index is 0.149. The first-order valence-corrected chi connectivity index (χ1v) is 11.9. The van der Waals surface area contributed by atoms with Gasteiger partial charge in [0.1, 0.15) is 12.4 Å². The molecule has 2 aromatic carbocycles. The van der Waals surface area contributed by atoms with Gasteiger partial charge < -0.3 is 15.0 Å². The number of piperazine rings is 1. The van der Waals surface area contributed by atoms with Crippen LogP contribution in [-0.2, 0) is 10.0 Å². The van der Waals surface area contributed by atoms with Gasteiger partial charge in [0, 0.05) is 31.7 Å². The lowest BCUT2D eigenvalue weighted by molar-refractivity contribution is 0.0926. The average Bonchev–Trinajstić information content (AvgIpc) is 2.73. The Morgan fingerprint density at radius 1 is 1.06 bits per heavy atom. The first-order chi connectivity index (χ1) is 14.7. The second kappa shape index (κ2) is 9.80. The van der Waals surface area contributed by atoms with Gasteiger partial charge in [-0.05, 0) is 57.6 Å². The Labute approximate surface area is 185 Å². The number of ether oxygens (including phenoxy) is 1. The second-order valence-electron chi connectivity index (χ2n) is 8.18. The van der Waals surface area contributed by atoms with Gasteiger partial charge in [0.05, 0.1) is 10.9 Å². The maximum atomic E-state index is 13.0. The van der Waals surface area contributed by atoms with Crippen molar-refractivity contribution in [3.05, 3.63) is 59.2 Å². The molecular weight excluding hydrogens is 414 g/mol. The summed E-state index contributed by atoms with van der Waals surface area (Å²) < 4.78 is 33.3. The summed E-state index contributed by atoms with van der Waals surface area (Å²) in [5.74, 6) is 0.427. The van der Waals surface area contributed by atoms with Crippen LogP contribution in [0.5, 0.6) is 5.75 Å². The zero-order valence-corrected chi connectivity index (χ0v) is 19.4. The summed E-state index contributed by atoms with van der Waals surface area (Å²) in [5.41, 5.74) is 2.23. The van der Waals surface area contributed by atoms with E-state index < -0.39 is 10.0 Å². The van der Waals surface area contributed by atoms with Crippen molar-refractivity contribution in [3.8, 4) is 5.75 Å². The first-order valence-electron chi connectivity index (χ1n) is 10.5. The van der Waals surface area contributed by atoms with Crippen molar-refractivity contribution < 1.29 is 17.9 Å². The van der Waals surface area contributed by atoms with Crippen LogP contribution in [0.25, 0.3) is 0 Å². The molecule has 31 heavy (non-hydrogen) atoms. The number of aryl methyl sites for hydroxylation is 2. The second-order valence-corrected chi connectivity index (χ2v) is 10.1. The van der Waals surface area contributed by atoms with E-state index in [4.69, 9.17) is 4.74 Å². The Bertz CT molecular complexity index is 1010. The van der Waals surface area contributed by atoms with E-state index in [2.05, 4.69) is 10.2 Å². The third kappa shape index (κ3) is 5.84. The van der Waals surface area contributed by atoms with Gasteiger partial charge in [0.2, 0.25) is 10.0 Å². The number of sulfonamides is 1. The van der Waals surface area contributed by atoms with Crippen molar-refractivity contribution in [2.75, 3.05) is 39.8 Å². The van der Waals surface area contributed by atoms with E-state index in [0.717, 1.165) is 16.9 Å². The number of carbonyl (C=O) groups is 1. The number of carbonyl (C=O) groups excluding carboxylic acids is 1. The van der Waals surface area contributed by atoms with E-state index in [9.17, 15) is 13.2 Å². The first kappa shape index (κ1) is 23.2. The van der Waals surface area contributed by atoms with Gasteiger partial charge in [0.25, 0.3) is 5.91 Å². The van der Waals surface area contributed by atoms with Crippen molar-refractivity contribution in [2.45, 2.75) is 31.7 Å². The number of benzene rings is 2. The summed E-state index contributed by atoms with van der Waals surface area (Å²) in [5, 5.41) is 2.90. The van der Waals surface area contributed by atoms with Crippen LogP contribution >= 0.6 is 0 Å². The number of nitrogens with zero attached hydrogens (tertiary/aromatic N) is 2. The van der Waals surface area contributed by atoms with Crippen molar-refractivity contribution >= 4 is 15.9 Å². The fraction of sp³-hybridized carbons (Fsp3) is 0.435. The molecule has 1 saturated heterocycles. The number of rotatable bonds is 7. The van der Waals surface area contributed by atoms with Gasteiger partial charge in [-0.1, -0.05) is 23.8 Å². The quantitative estimate of drug-likeness (QED) is 0.708. The van der Waals surface area contributed by atoms with Gasteiger partial charge in [-0.15, -0.1) is 0 Å². The van der Waals surface area contributed by atoms with Gasteiger partial charge in [-0.25, -0.2) is 8.42 Å². The third-order valence-electron chi connectivity index (χ3n) is 5.45. The standard InChI is InChI=1S/C23H31N3O4S/c1-17-5-8-20(9-6-17)30-16-19(3)24-23(27)22-15-21(10-7-18(22)2)31(28,29)26-13-11-25(4)12-14-26/h5-10,15,19H,11-14,16H2,1-4H3,(H,24,27). The Balaban J connectivity index is 1.67. The molecule has 1 heterocycles. The highest BCUT2D eigenvalue weighted by molar-refractivity contribution is 7.89. The fourth-order valence-corrected chi connectivity index (χ4v) is 4.83. The SMILES string of the molecule is Cc1ccc(OCC(C)NC(=O)c2cc(S(=O)(=O)N3CCN(C)CC3)ccc2C)cc1. The largest absolute Gasteiger partial charge is 0.491 e. The molecule has 168 valence electrons. The summed E-state index contributed by atoms with van der Waals surface area (Å²) in [6, 6.07) is 12.2.